The summed E-state index contributed by atoms with van der Waals surface area (Å²) in [6.45, 7) is 4.01. The molecule has 27 heavy (non-hydrogen) atoms. The molecule has 0 atom stereocenters. The number of nitrogens with zero attached hydrogens (tertiary/aromatic N) is 3. The number of imidazole rings is 1. The molecule has 0 N–H and O–H groups in total. The van der Waals surface area contributed by atoms with Crippen molar-refractivity contribution >= 4 is 22.1 Å². The van der Waals surface area contributed by atoms with E-state index in [2.05, 4.69) is 88.8 Å². The van der Waals surface area contributed by atoms with E-state index in [1.165, 1.54) is 11.0 Å². The Labute approximate surface area is 157 Å². The van der Waals surface area contributed by atoms with Gasteiger partial charge in [0.05, 0.1) is 12.6 Å². The molecule has 2 heterocycles. The van der Waals surface area contributed by atoms with Crippen LogP contribution >= 0.6 is 0 Å². The summed E-state index contributed by atoms with van der Waals surface area (Å²) in [6, 6.07) is 23.2. The Morgan fingerprint density at radius 2 is 1.67 bits per heavy atom. The van der Waals surface area contributed by atoms with E-state index in [4.69, 9.17) is 4.42 Å². The first-order chi connectivity index (χ1) is 13.1. The van der Waals surface area contributed by atoms with Crippen LogP contribution in [0, 0.1) is 13.8 Å². The van der Waals surface area contributed by atoms with Crippen molar-refractivity contribution in [2.24, 2.45) is 7.05 Å². The van der Waals surface area contributed by atoms with Gasteiger partial charge in [-0.25, -0.2) is 9.55 Å². The number of benzene rings is 3. The predicted octanol–water partition coefficient (Wildman–Crippen LogP) is 4.88. The third-order valence-corrected chi connectivity index (χ3v) is 5.11. The second-order valence-corrected chi connectivity index (χ2v) is 6.91. The smallest absolute Gasteiger partial charge is 0.295 e. The minimum absolute atomic E-state index is 0.689. The second-order valence-electron chi connectivity index (χ2n) is 6.91. The molecule has 0 radical (unpaired) electrons. The molecule has 2 aromatic heterocycles. The summed E-state index contributed by atoms with van der Waals surface area (Å²) < 4.78 is 10.3. The van der Waals surface area contributed by atoms with Crippen LogP contribution in [0.25, 0.3) is 39.2 Å². The number of hydrogen-bond donors (Lipinski definition) is 0. The molecule has 0 aliphatic rings. The van der Waals surface area contributed by atoms with Gasteiger partial charge in [0.1, 0.15) is 11.2 Å². The lowest BCUT2D eigenvalue weighted by Gasteiger charge is -2.06. The first-order valence-corrected chi connectivity index (χ1v) is 9.06. The molecular weight excluding hydrogens is 334 g/mol. The van der Waals surface area contributed by atoms with Gasteiger partial charge >= 0.3 is 0 Å². The van der Waals surface area contributed by atoms with Crippen LogP contribution < -0.4 is 4.57 Å². The number of oxazole rings is 1. The number of para-hydroxylation sites is 3. The topological polar surface area (TPSA) is 34.8 Å². The van der Waals surface area contributed by atoms with Gasteiger partial charge in [0.25, 0.3) is 5.82 Å². The highest BCUT2D eigenvalue weighted by Gasteiger charge is 2.27. The maximum absolute atomic E-state index is 5.72. The molecule has 0 amide bonds. The van der Waals surface area contributed by atoms with Crippen LogP contribution in [0.2, 0.25) is 0 Å². The minimum atomic E-state index is 0.689. The lowest BCUT2D eigenvalue weighted by molar-refractivity contribution is -0.633. The van der Waals surface area contributed by atoms with Crippen molar-refractivity contribution in [3.05, 3.63) is 78.2 Å². The number of rotatable bonds is 2. The lowest BCUT2D eigenvalue weighted by atomic mass is 10.1. The van der Waals surface area contributed by atoms with Crippen LogP contribution in [0.4, 0.5) is 0 Å². The third-order valence-electron chi connectivity index (χ3n) is 5.11. The summed E-state index contributed by atoms with van der Waals surface area (Å²) in [4.78, 5) is 4.54. The Kier molecular flexibility index (Phi) is 3.41. The van der Waals surface area contributed by atoms with Gasteiger partial charge in [-0.15, -0.1) is 0 Å². The zero-order valence-corrected chi connectivity index (χ0v) is 15.6. The summed E-state index contributed by atoms with van der Waals surface area (Å²) in [6.07, 6.45) is 0. The zero-order chi connectivity index (χ0) is 18.5. The molecule has 132 valence electrons. The van der Waals surface area contributed by atoms with Crippen LogP contribution in [0.15, 0.2) is 71.1 Å². The highest BCUT2D eigenvalue weighted by atomic mass is 16.3. The quantitative estimate of drug-likeness (QED) is 0.424. The summed E-state index contributed by atoms with van der Waals surface area (Å²) in [5, 5.41) is 0. The Balaban J connectivity index is 1.91. The van der Waals surface area contributed by atoms with Crippen molar-refractivity contribution in [2.75, 3.05) is 0 Å². The Morgan fingerprint density at radius 3 is 2.48 bits per heavy atom. The maximum atomic E-state index is 5.72. The molecule has 0 fully saturated rings. The van der Waals surface area contributed by atoms with E-state index in [-0.39, 0.29) is 0 Å². The summed E-state index contributed by atoms with van der Waals surface area (Å²) >= 11 is 0. The number of aromatic nitrogens is 3. The Bertz CT molecular complexity index is 1300. The van der Waals surface area contributed by atoms with Gasteiger partial charge in [0.2, 0.25) is 0 Å². The molecule has 5 rings (SSSR count). The van der Waals surface area contributed by atoms with Gasteiger partial charge in [0.15, 0.2) is 22.5 Å². The fourth-order valence-electron chi connectivity index (χ4n) is 3.89. The maximum Gasteiger partial charge on any atom is 0.295 e. The number of hydrogen-bond acceptors (Lipinski definition) is 2. The minimum Gasteiger partial charge on any atom is -0.441 e. The van der Waals surface area contributed by atoms with Crippen LogP contribution in [-0.2, 0) is 7.05 Å². The average molecular weight is 354 g/mol. The molecular formula is C23H20N3O+. The van der Waals surface area contributed by atoms with Crippen LogP contribution in [0.1, 0.15) is 11.5 Å². The first kappa shape index (κ1) is 15.8. The van der Waals surface area contributed by atoms with E-state index in [1.54, 1.807) is 0 Å². The van der Waals surface area contributed by atoms with Crippen LogP contribution in [0.5, 0.6) is 0 Å². The largest absolute Gasteiger partial charge is 0.441 e. The summed E-state index contributed by atoms with van der Waals surface area (Å²) in [5.41, 5.74) is 7.54. The SMILES string of the molecule is Cc1nc2cc(-c3n(-c4ccccc4)c4ccccc4[n+]3C)c(C)cc2o1. The van der Waals surface area contributed by atoms with Crippen molar-refractivity contribution in [2.45, 2.75) is 13.8 Å². The highest BCUT2D eigenvalue weighted by Crippen LogP contribution is 2.31. The summed E-state index contributed by atoms with van der Waals surface area (Å²) in [7, 11) is 2.12. The Hall–Kier alpha value is -3.40. The molecule has 3 aromatic carbocycles. The van der Waals surface area contributed by atoms with Gasteiger partial charge in [-0.1, -0.05) is 30.3 Å². The molecule has 4 heteroatoms. The van der Waals surface area contributed by atoms with Gasteiger partial charge in [0, 0.05) is 6.92 Å². The van der Waals surface area contributed by atoms with Crippen molar-refractivity contribution in [3.63, 3.8) is 0 Å². The van der Waals surface area contributed by atoms with E-state index < -0.39 is 0 Å². The highest BCUT2D eigenvalue weighted by molar-refractivity contribution is 5.84. The second kappa shape index (κ2) is 5.81. The lowest BCUT2D eigenvalue weighted by Crippen LogP contribution is -2.30. The monoisotopic (exact) mass is 354 g/mol. The predicted molar refractivity (Wildman–Crippen MR) is 107 cm³/mol. The zero-order valence-electron chi connectivity index (χ0n) is 15.6. The van der Waals surface area contributed by atoms with Crippen molar-refractivity contribution < 1.29 is 8.98 Å². The molecule has 0 bridgehead atoms. The third kappa shape index (κ3) is 2.37. The van der Waals surface area contributed by atoms with Crippen molar-refractivity contribution in [3.8, 4) is 17.1 Å². The normalized spacial score (nSPS) is 11.5. The van der Waals surface area contributed by atoms with E-state index in [0.29, 0.717) is 5.89 Å². The van der Waals surface area contributed by atoms with E-state index in [1.807, 2.05) is 13.0 Å². The molecule has 4 nitrogen and oxygen atoms in total. The molecule has 0 saturated carbocycles. The first-order valence-electron chi connectivity index (χ1n) is 9.06. The van der Waals surface area contributed by atoms with Gasteiger partial charge in [-0.05, 0) is 48.9 Å². The van der Waals surface area contributed by atoms with Gasteiger partial charge in [-0.2, -0.15) is 4.57 Å². The fraction of sp³-hybridized carbons (Fsp3) is 0.130. The molecule has 0 spiro atoms. The fourth-order valence-corrected chi connectivity index (χ4v) is 3.89. The molecule has 0 unspecified atom stereocenters. The van der Waals surface area contributed by atoms with Crippen LogP contribution in [0.3, 0.4) is 0 Å². The molecule has 5 aromatic rings. The molecule has 0 aliphatic heterocycles. The van der Waals surface area contributed by atoms with Crippen LogP contribution in [-0.4, -0.2) is 9.55 Å². The molecule has 0 saturated heterocycles. The van der Waals surface area contributed by atoms with E-state index in [9.17, 15) is 0 Å². The average Bonchev–Trinajstić information content (AvgIpc) is 3.18. The van der Waals surface area contributed by atoms with E-state index in [0.717, 1.165) is 33.7 Å². The summed E-state index contributed by atoms with van der Waals surface area (Å²) in [5.74, 6) is 1.82. The van der Waals surface area contributed by atoms with E-state index >= 15 is 0 Å². The number of aryl methyl sites for hydroxylation is 3. The number of fused-ring (bicyclic) bond motifs is 2. The van der Waals surface area contributed by atoms with Gasteiger partial charge < -0.3 is 4.42 Å². The van der Waals surface area contributed by atoms with Crippen molar-refractivity contribution in [1.29, 1.82) is 0 Å². The van der Waals surface area contributed by atoms with Crippen molar-refractivity contribution in [1.82, 2.24) is 9.55 Å². The Morgan fingerprint density at radius 1 is 0.926 bits per heavy atom. The standard InChI is InChI=1S/C23H20N3O/c1-15-13-22-19(24-16(2)27-22)14-18(15)23-25(3)20-11-7-8-12-21(20)26(23)17-9-5-4-6-10-17/h4-14H,1-3H3/q+1. The van der Waals surface area contributed by atoms with Gasteiger partial charge in [-0.3, -0.25) is 0 Å². The molecule has 0 aliphatic carbocycles.